The van der Waals surface area contributed by atoms with Gasteiger partial charge in [-0.1, -0.05) is 69.1 Å². The van der Waals surface area contributed by atoms with Gasteiger partial charge in [-0.05, 0) is 72.8 Å². The summed E-state index contributed by atoms with van der Waals surface area (Å²) in [4.78, 5) is 38.6. The van der Waals surface area contributed by atoms with E-state index in [1.165, 1.54) is 4.90 Å². The van der Waals surface area contributed by atoms with Crippen molar-refractivity contribution in [3.8, 4) is 0 Å². The second-order valence-electron chi connectivity index (χ2n) is 8.36. The highest BCUT2D eigenvalue weighted by atomic mass is 79.9. The van der Waals surface area contributed by atoms with Crippen molar-refractivity contribution < 1.29 is 14.4 Å². The number of rotatable bonds is 4. The number of carbonyl (C=O) groups is 2. The molecular weight excluding hydrogens is 556 g/mol. The molecule has 1 unspecified atom stereocenters. The highest BCUT2D eigenvalue weighted by Gasteiger charge is 2.69. The Morgan fingerprint density at radius 1 is 0.703 bits per heavy atom. The Labute approximate surface area is 226 Å². The first kappa shape index (κ1) is 23.3. The molecule has 2 aliphatic rings. The van der Waals surface area contributed by atoms with Crippen LogP contribution in [0.5, 0.6) is 0 Å². The lowest BCUT2D eigenvalue weighted by molar-refractivity contribution is -0.136. The zero-order valence-electron chi connectivity index (χ0n) is 19.2. The van der Waals surface area contributed by atoms with E-state index in [-0.39, 0.29) is 0 Å². The fourth-order valence-electron chi connectivity index (χ4n) is 4.50. The second-order valence-corrected chi connectivity index (χ2v) is 9.71. The lowest BCUT2D eigenvalue weighted by Crippen LogP contribution is -2.63. The molecule has 0 N–H and O–H groups in total. The first-order valence-electron chi connectivity index (χ1n) is 11.4. The number of carbonyl (C=O) groups excluding carboxylic acids is 2. The molecule has 4 aromatic rings. The number of nitrogens with zero attached hydrogens (tertiary/aromatic N) is 4. The van der Waals surface area contributed by atoms with Crippen LogP contribution in [-0.2, 0) is 9.63 Å². The monoisotopic (exact) mass is 572 g/mol. The molecule has 0 saturated carbocycles. The molecule has 6 rings (SSSR count). The minimum atomic E-state index is -1.95. The van der Waals surface area contributed by atoms with Crippen LogP contribution < -0.4 is 14.7 Å². The maximum Gasteiger partial charge on any atom is 0.383 e. The van der Waals surface area contributed by atoms with Crippen LogP contribution in [0.15, 0.2) is 119 Å². The SMILES string of the molecule is O=C1N(c2ccccc2)C(=O)C2(ON=C(c3ccc(Cl)cc3)N2c2ccc(Br)cc2)N1c1ccccc1. The van der Waals surface area contributed by atoms with Gasteiger partial charge in [0.2, 0.25) is 0 Å². The standard InChI is InChI=1S/C28H18BrClN4O3/c29-20-13-17-24(18-14-20)33-25(19-11-15-21(30)16-12-19)31-37-28(33)26(35)32(22-7-3-1-4-8-22)27(36)34(28)23-9-5-2-6-10-23/h1-18H. The molecule has 2 heterocycles. The molecule has 1 fully saturated rings. The van der Waals surface area contributed by atoms with E-state index in [9.17, 15) is 9.59 Å². The topological polar surface area (TPSA) is 65.5 Å². The Morgan fingerprint density at radius 3 is 1.89 bits per heavy atom. The van der Waals surface area contributed by atoms with Crippen molar-refractivity contribution in [2.24, 2.45) is 5.16 Å². The van der Waals surface area contributed by atoms with E-state index in [1.54, 1.807) is 77.7 Å². The summed E-state index contributed by atoms with van der Waals surface area (Å²) in [6.45, 7) is 0. The van der Waals surface area contributed by atoms with Gasteiger partial charge >= 0.3 is 17.8 Å². The van der Waals surface area contributed by atoms with Crippen molar-refractivity contribution in [2.75, 3.05) is 14.7 Å². The van der Waals surface area contributed by atoms with Crippen molar-refractivity contribution in [1.29, 1.82) is 0 Å². The number of amides is 3. The quantitative estimate of drug-likeness (QED) is 0.257. The van der Waals surface area contributed by atoms with Crippen molar-refractivity contribution in [1.82, 2.24) is 0 Å². The Morgan fingerprint density at radius 2 is 1.27 bits per heavy atom. The molecule has 0 aliphatic carbocycles. The summed E-state index contributed by atoms with van der Waals surface area (Å²) in [5.41, 5.74) is 2.17. The molecule has 2 aliphatic heterocycles. The summed E-state index contributed by atoms with van der Waals surface area (Å²) in [5.74, 6) is -2.18. The molecule has 3 amide bonds. The van der Waals surface area contributed by atoms with E-state index in [1.807, 2.05) is 36.4 Å². The zero-order chi connectivity index (χ0) is 25.6. The molecule has 7 nitrogen and oxygen atoms in total. The third-order valence-corrected chi connectivity index (χ3v) is 6.94. The number of hydrogen-bond donors (Lipinski definition) is 0. The van der Waals surface area contributed by atoms with Gasteiger partial charge in [0.05, 0.1) is 11.4 Å². The normalized spacial score (nSPS) is 19.0. The predicted molar refractivity (Wildman–Crippen MR) is 147 cm³/mol. The molecule has 9 heteroatoms. The number of halogens is 2. The first-order chi connectivity index (χ1) is 18.0. The largest absolute Gasteiger partial charge is 0.383 e. The third-order valence-electron chi connectivity index (χ3n) is 6.16. The van der Waals surface area contributed by atoms with E-state index in [4.69, 9.17) is 16.4 Å². The van der Waals surface area contributed by atoms with Crippen LogP contribution in [-0.4, -0.2) is 23.6 Å². The molecule has 1 spiro atoms. The molecular formula is C28H18BrClN4O3. The second kappa shape index (κ2) is 9.06. The number of amidine groups is 1. The summed E-state index contributed by atoms with van der Waals surface area (Å²) in [6, 6.07) is 31.6. The average molecular weight is 574 g/mol. The molecule has 182 valence electrons. The summed E-state index contributed by atoms with van der Waals surface area (Å²) < 4.78 is 0.857. The maximum absolute atomic E-state index is 14.4. The van der Waals surface area contributed by atoms with E-state index < -0.39 is 17.8 Å². The molecule has 4 aromatic carbocycles. The van der Waals surface area contributed by atoms with Crippen LogP contribution in [0.4, 0.5) is 21.9 Å². The predicted octanol–water partition coefficient (Wildman–Crippen LogP) is 6.63. The minimum Gasteiger partial charge on any atom is -0.331 e. The van der Waals surface area contributed by atoms with Gasteiger partial charge in [-0.15, -0.1) is 0 Å². The van der Waals surface area contributed by atoms with Crippen molar-refractivity contribution in [2.45, 2.75) is 5.85 Å². The van der Waals surface area contributed by atoms with Gasteiger partial charge in [0.1, 0.15) is 0 Å². The highest BCUT2D eigenvalue weighted by molar-refractivity contribution is 9.10. The Balaban J connectivity index is 1.59. The van der Waals surface area contributed by atoms with Gasteiger partial charge in [0.15, 0.2) is 5.84 Å². The van der Waals surface area contributed by atoms with Gasteiger partial charge in [-0.25, -0.2) is 14.6 Å². The zero-order valence-corrected chi connectivity index (χ0v) is 21.5. The first-order valence-corrected chi connectivity index (χ1v) is 12.5. The number of anilines is 3. The lowest BCUT2D eigenvalue weighted by atomic mass is 10.1. The van der Waals surface area contributed by atoms with Crippen LogP contribution >= 0.6 is 27.5 Å². The maximum atomic E-state index is 14.4. The summed E-state index contributed by atoms with van der Waals surface area (Å²) in [7, 11) is 0. The Hall–Kier alpha value is -4.14. The molecule has 0 radical (unpaired) electrons. The van der Waals surface area contributed by atoms with E-state index in [0.29, 0.717) is 33.5 Å². The van der Waals surface area contributed by atoms with Gasteiger partial charge in [0, 0.05) is 20.7 Å². The number of benzene rings is 4. The van der Waals surface area contributed by atoms with Crippen LogP contribution in [0, 0.1) is 0 Å². The van der Waals surface area contributed by atoms with Crippen molar-refractivity contribution >= 4 is 62.4 Å². The fraction of sp³-hybridized carbons (Fsp3) is 0.0357. The smallest absolute Gasteiger partial charge is 0.331 e. The Bertz CT molecular complexity index is 1520. The fourth-order valence-corrected chi connectivity index (χ4v) is 4.89. The molecule has 37 heavy (non-hydrogen) atoms. The van der Waals surface area contributed by atoms with Gasteiger partial charge in [-0.2, -0.15) is 0 Å². The summed E-state index contributed by atoms with van der Waals surface area (Å²) in [6.07, 6.45) is 0. The summed E-state index contributed by atoms with van der Waals surface area (Å²) in [5, 5.41) is 4.94. The number of hydrogen-bond acceptors (Lipinski definition) is 5. The van der Waals surface area contributed by atoms with Crippen molar-refractivity contribution in [3.05, 3.63) is 124 Å². The summed E-state index contributed by atoms with van der Waals surface area (Å²) >= 11 is 9.61. The third kappa shape index (κ3) is 3.68. The highest BCUT2D eigenvalue weighted by Crippen LogP contribution is 2.45. The number of oxime groups is 1. The number of urea groups is 1. The minimum absolute atomic E-state index is 0.357. The molecule has 1 saturated heterocycles. The molecule has 1 atom stereocenters. The molecule has 0 bridgehead atoms. The number of para-hydroxylation sites is 2. The molecule has 0 aromatic heterocycles. The van der Waals surface area contributed by atoms with Crippen LogP contribution in [0.25, 0.3) is 0 Å². The van der Waals surface area contributed by atoms with Crippen molar-refractivity contribution in [3.63, 3.8) is 0 Å². The van der Waals surface area contributed by atoms with Gasteiger partial charge in [0.25, 0.3) is 0 Å². The van der Waals surface area contributed by atoms with E-state index >= 15 is 0 Å². The van der Waals surface area contributed by atoms with Crippen LogP contribution in [0.2, 0.25) is 5.02 Å². The van der Waals surface area contributed by atoms with E-state index in [2.05, 4.69) is 21.1 Å². The Kier molecular flexibility index (Phi) is 5.70. The average Bonchev–Trinajstić information content (AvgIpc) is 3.41. The van der Waals surface area contributed by atoms with Gasteiger partial charge in [-0.3, -0.25) is 9.69 Å². The van der Waals surface area contributed by atoms with Crippen LogP contribution in [0.3, 0.4) is 0 Å². The lowest BCUT2D eigenvalue weighted by Gasteiger charge is -2.37. The van der Waals surface area contributed by atoms with E-state index in [0.717, 1.165) is 9.37 Å². The van der Waals surface area contributed by atoms with Gasteiger partial charge < -0.3 is 4.84 Å². The van der Waals surface area contributed by atoms with Crippen LogP contribution in [0.1, 0.15) is 5.56 Å². The number of imide groups is 1.